The summed E-state index contributed by atoms with van der Waals surface area (Å²) in [5, 5.41) is 0. The Bertz CT molecular complexity index is 741. The van der Waals surface area contributed by atoms with Crippen LogP contribution in [0.5, 0.6) is 0 Å². The Morgan fingerprint density at radius 3 is 1.83 bits per heavy atom. The van der Waals surface area contributed by atoms with Gasteiger partial charge in [0.05, 0.1) is 6.10 Å². The maximum atomic E-state index is 11.7. The highest BCUT2D eigenvalue weighted by molar-refractivity contribution is 6.12. The lowest BCUT2D eigenvalue weighted by molar-refractivity contribution is -0.136. The van der Waals surface area contributed by atoms with Crippen LogP contribution in [0.1, 0.15) is 17.5 Å². The van der Waals surface area contributed by atoms with Crippen LogP contribution in [0.3, 0.4) is 0 Å². The van der Waals surface area contributed by atoms with Gasteiger partial charge in [-0.1, -0.05) is 60.7 Å². The molecule has 2 aromatic carbocycles. The molecular formula is C20H17NO3. The molecule has 0 saturated carbocycles. The normalized spacial score (nSPS) is 21.3. The fourth-order valence-electron chi connectivity index (χ4n) is 3.40. The number of nitrogens with zero attached hydrogens (tertiary/aromatic N) is 1. The third kappa shape index (κ3) is 2.36. The summed E-state index contributed by atoms with van der Waals surface area (Å²) in [6.45, 7) is 0.372. The van der Waals surface area contributed by atoms with Crippen molar-refractivity contribution in [3.63, 3.8) is 0 Å². The molecule has 0 bridgehead atoms. The van der Waals surface area contributed by atoms with E-state index in [9.17, 15) is 9.59 Å². The Balaban J connectivity index is 1.57. The van der Waals surface area contributed by atoms with Gasteiger partial charge in [-0.3, -0.25) is 14.5 Å². The largest absolute Gasteiger partial charge is 0.356 e. The molecule has 24 heavy (non-hydrogen) atoms. The molecule has 120 valence electrons. The second-order valence-corrected chi connectivity index (χ2v) is 6.02. The second-order valence-electron chi connectivity index (χ2n) is 6.02. The molecule has 0 aromatic heterocycles. The first-order valence-electron chi connectivity index (χ1n) is 8.04. The number of hydrogen-bond acceptors (Lipinski definition) is 3. The van der Waals surface area contributed by atoms with Crippen molar-refractivity contribution in [3.8, 4) is 0 Å². The van der Waals surface area contributed by atoms with E-state index in [2.05, 4.69) is 24.3 Å². The molecule has 4 heteroatoms. The molecule has 0 N–H and O–H groups in total. The number of rotatable bonds is 5. The molecule has 0 spiro atoms. The predicted molar refractivity (Wildman–Crippen MR) is 89.0 cm³/mol. The number of carbonyl (C=O) groups is 2. The predicted octanol–water partition coefficient (Wildman–Crippen LogP) is 2.64. The lowest BCUT2D eigenvalue weighted by atomic mass is 9.87. The molecule has 1 saturated heterocycles. The fourth-order valence-corrected chi connectivity index (χ4v) is 3.40. The van der Waals surface area contributed by atoms with Crippen LogP contribution in [0.2, 0.25) is 0 Å². The smallest absolute Gasteiger partial charge is 0.253 e. The van der Waals surface area contributed by atoms with E-state index >= 15 is 0 Å². The van der Waals surface area contributed by atoms with E-state index in [0.29, 0.717) is 13.0 Å². The number of amides is 2. The van der Waals surface area contributed by atoms with E-state index in [-0.39, 0.29) is 17.9 Å². The number of carbonyl (C=O) groups excluding carboxylic acids is 2. The molecule has 0 aliphatic carbocycles. The van der Waals surface area contributed by atoms with Gasteiger partial charge in [0.2, 0.25) is 0 Å². The minimum Gasteiger partial charge on any atom is -0.356 e. The highest BCUT2D eigenvalue weighted by Crippen LogP contribution is 2.53. The van der Waals surface area contributed by atoms with Gasteiger partial charge >= 0.3 is 0 Å². The van der Waals surface area contributed by atoms with E-state index in [1.54, 1.807) is 0 Å². The molecule has 2 aliphatic heterocycles. The number of ether oxygens (including phenoxy) is 1. The second kappa shape index (κ2) is 5.73. The number of epoxide rings is 1. The number of hydrogen-bond donors (Lipinski definition) is 0. The van der Waals surface area contributed by atoms with Crippen LogP contribution >= 0.6 is 0 Å². The number of benzene rings is 2. The molecule has 2 aliphatic rings. The molecule has 1 unspecified atom stereocenters. The van der Waals surface area contributed by atoms with Gasteiger partial charge in [0, 0.05) is 18.7 Å². The summed E-state index contributed by atoms with van der Waals surface area (Å²) in [4.78, 5) is 24.7. The summed E-state index contributed by atoms with van der Waals surface area (Å²) in [5.41, 5.74) is 1.71. The zero-order valence-electron chi connectivity index (χ0n) is 13.1. The average Bonchev–Trinajstić information content (AvgIpc) is 3.28. The first-order chi connectivity index (χ1) is 11.7. The van der Waals surface area contributed by atoms with E-state index in [1.807, 2.05) is 36.4 Å². The van der Waals surface area contributed by atoms with Crippen LogP contribution in [0.15, 0.2) is 72.8 Å². The Hall–Kier alpha value is -2.72. The van der Waals surface area contributed by atoms with Crippen LogP contribution in [-0.4, -0.2) is 29.4 Å². The van der Waals surface area contributed by atoms with Crippen molar-refractivity contribution < 1.29 is 14.3 Å². The Labute approximate surface area is 140 Å². The summed E-state index contributed by atoms with van der Waals surface area (Å²) < 4.78 is 6.14. The standard InChI is InChI=1S/C20H17NO3/c22-18-11-12-19(23)21(18)14-13-17-20(24-17,15-7-3-1-4-8-15)16-9-5-2-6-10-16/h1-12,17H,13-14H2. The van der Waals surface area contributed by atoms with Crippen molar-refractivity contribution in [1.82, 2.24) is 4.90 Å². The monoisotopic (exact) mass is 319 g/mol. The third-order valence-electron chi connectivity index (χ3n) is 4.65. The fraction of sp³-hybridized carbons (Fsp3) is 0.200. The van der Waals surface area contributed by atoms with Crippen molar-refractivity contribution in [2.24, 2.45) is 0 Å². The van der Waals surface area contributed by atoms with Crippen LogP contribution in [0.25, 0.3) is 0 Å². The Morgan fingerprint density at radius 1 is 0.833 bits per heavy atom. The average molecular weight is 319 g/mol. The first-order valence-corrected chi connectivity index (χ1v) is 8.04. The summed E-state index contributed by atoms with van der Waals surface area (Å²) in [6.07, 6.45) is 3.20. The van der Waals surface area contributed by atoms with Gasteiger partial charge in [-0.25, -0.2) is 0 Å². The van der Waals surface area contributed by atoms with Crippen LogP contribution in [0, 0.1) is 0 Å². The first kappa shape index (κ1) is 14.8. The topological polar surface area (TPSA) is 49.9 Å². The SMILES string of the molecule is O=C1C=CC(=O)N1CCC1OC1(c1ccccc1)c1ccccc1. The zero-order chi connectivity index (χ0) is 16.6. The molecule has 1 fully saturated rings. The van der Waals surface area contributed by atoms with Gasteiger partial charge < -0.3 is 4.74 Å². The summed E-state index contributed by atoms with van der Waals surface area (Å²) in [6, 6.07) is 20.2. The molecule has 0 radical (unpaired) electrons. The van der Waals surface area contributed by atoms with Gasteiger partial charge in [0.15, 0.2) is 0 Å². The van der Waals surface area contributed by atoms with Crippen molar-refractivity contribution in [2.75, 3.05) is 6.54 Å². The highest BCUT2D eigenvalue weighted by Gasteiger charge is 2.58. The molecule has 2 amide bonds. The summed E-state index contributed by atoms with van der Waals surface area (Å²) >= 11 is 0. The van der Waals surface area contributed by atoms with Crippen molar-refractivity contribution in [1.29, 1.82) is 0 Å². The lowest BCUT2D eigenvalue weighted by Crippen LogP contribution is -2.32. The van der Waals surface area contributed by atoms with Crippen LogP contribution in [0.4, 0.5) is 0 Å². The van der Waals surface area contributed by atoms with E-state index in [4.69, 9.17) is 4.74 Å². The quantitative estimate of drug-likeness (QED) is 0.629. The maximum absolute atomic E-state index is 11.7. The van der Waals surface area contributed by atoms with Crippen molar-refractivity contribution in [2.45, 2.75) is 18.1 Å². The maximum Gasteiger partial charge on any atom is 0.253 e. The molecule has 4 nitrogen and oxygen atoms in total. The van der Waals surface area contributed by atoms with Gasteiger partial charge in [-0.15, -0.1) is 0 Å². The zero-order valence-corrected chi connectivity index (χ0v) is 13.1. The van der Waals surface area contributed by atoms with Crippen molar-refractivity contribution >= 4 is 11.8 Å². The minimum absolute atomic E-state index is 0.0523. The third-order valence-corrected chi connectivity index (χ3v) is 4.65. The number of imide groups is 1. The van der Waals surface area contributed by atoms with Gasteiger partial charge in [0.25, 0.3) is 11.8 Å². The minimum atomic E-state index is -0.484. The van der Waals surface area contributed by atoms with E-state index in [1.165, 1.54) is 17.1 Å². The summed E-state index contributed by atoms with van der Waals surface area (Å²) in [5.74, 6) is -0.489. The Kier molecular flexibility index (Phi) is 3.54. The van der Waals surface area contributed by atoms with Crippen LogP contribution in [-0.2, 0) is 19.9 Å². The van der Waals surface area contributed by atoms with Crippen molar-refractivity contribution in [3.05, 3.63) is 83.9 Å². The van der Waals surface area contributed by atoms with Crippen LogP contribution < -0.4 is 0 Å². The van der Waals surface area contributed by atoms with Gasteiger partial charge in [-0.2, -0.15) is 0 Å². The Morgan fingerprint density at radius 2 is 1.33 bits per heavy atom. The van der Waals surface area contributed by atoms with Gasteiger partial charge in [0.1, 0.15) is 5.60 Å². The molecule has 4 rings (SSSR count). The molecule has 2 aromatic rings. The van der Waals surface area contributed by atoms with E-state index in [0.717, 1.165) is 11.1 Å². The molecule has 1 atom stereocenters. The molecule has 2 heterocycles. The highest BCUT2D eigenvalue weighted by atomic mass is 16.6. The lowest BCUT2D eigenvalue weighted by Gasteiger charge is -2.16. The van der Waals surface area contributed by atoms with Gasteiger partial charge in [-0.05, 0) is 17.5 Å². The molecular weight excluding hydrogens is 302 g/mol. The van der Waals surface area contributed by atoms with E-state index < -0.39 is 5.60 Å². The summed E-state index contributed by atoms with van der Waals surface area (Å²) in [7, 11) is 0.